The van der Waals surface area contributed by atoms with E-state index in [9.17, 15) is 4.79 Å². The van der Waals surface area contributed by atoms with Gasteiger partial charge in [-0.15, -0.1) is 0 Å². The predicted molar refractivity (Wildman–Crippen MR) is 95.3 cm³/mol. The quantitative estimate of drug-likeness (QED) is 0.635. The van der Waals surface area contributed by atoms with Crippen molar-refractivity contribution in [3.05, 3.63) is 12.7 Å². The van der Waals surface area contributed by atoms with E-state index in [2.05, 4.69) is 6.58 Å². The van der Waals surface area contributed by atoms with Crippen LogP contribution in [0, 0.1) is 52.3 Å². The fourth-order valence-electron chi connectivity index (χ4n) is 10.2. The summed E-state index contributed by atoms with van der Waals surface area (Å²) in [4.78, 5) is 13.1. The maximum atomic E-state index is 13.1. The van der Waals surface area contributed by atoms with Crippen LogP contribution < -0.4 is 0 Å². The van der Waals surface area contributed by atoms with Gasteiger partial charge in [-0.2, -0.15) is 0 Å². The fourth-order valence-corrected chi connectivity index (χ4v) is 10.2. The molecule has 0 aliphatic heterocycles. The van der Waals surface area contributed by atoms with Gasteiger partial charge in [-0.05, 0) is 123 Å². The third-order valence-electron chi connectivity index (χ3n) is 9.91. The Kier molecular flexibility index (Phi) is 2.77. The van der Waals surface area contributed by atoms with Crippen LogP contribution in [0.2, 0.25) is 0 Å². The van der Waals surface area contributed by atoms with Crippen molar-refractivity contribution in [2.75, 3.05) is 0 Å². The minimum atomic E-state index is 0.346. The zero-order valence-corrected chi connectivity index (χ0v) is 15.0. The first-order valence-electron chi connectivity index (χ1n) is 10.8. The van der Waals surface area contributed by atoms with Crippen LogP contribution >= 0.6 is 0 Å². The van der Waals surface area contributed by atoms with Gasteiger partial charge >= 0.3 is 0 Å². The lowest BCUT2D eigenvalue weighted by Gasteiger charge is -2.72. The lowest BCUT2D eigenvalue weighted by Crippen LogP contribution is -2.65. The van der Waals surface area contributed by atoms with E-state index in [1.165, 1.54) is 70.6 Å². The first kappa shape index (κ1) is 14.6. The molecule has 0 aromatic heterocycles. The second-order valence-corrected chi connectivity index (χ2v) is 11.0. The van der Waals surface area contributed by atoms with E-state index in [-0.39, 0.29) is 0 Å². The summed E-state index contributed by atoms with van der Waals surface area (Å²) in [6, 6.07) is 0. The first-order chi connectivity index (χ1) is 11.6. The standard InChI is InChI=1S/C23H32O/c1-2-20(24)21-19-7-17-6-18(8-19)13-23(21,12-17)22-9-14-3-15(10-22)5-16(4-14)11-22/h2,14-19,21H,1,3-13H2. The van der Waals surface area contributed by atoms with Crippen molar-refractivity contribution >= 4 is 5.78 Å². The van der Waals surface area contributed by atoms with E-state index in [0.29, 0.717) is 28.4 Å². The molecule has 1 heteroatoms. The molecule has 130 valence electrons. The Balaban J connectivity index is 1.49. The van der Waals surface area contributed by atoms with Crippen LogP contribution in [-0.2, 0) is 4.79 Å². The largest absolute Gasteiger partial charge is 0.295 e. The minimum Gasteiger partial charge on any atom is -0.295 e. The highest BCUT2D eigenvalue weighted by Crippen LogP contribution is 2.76. The molecule has 0 spiro atoms. The Hall–Kier alpha value is -0.590. The van der Waals surface area contributed by atoms with Crippen LogP contribution in [0.25, 0.3) is 0 Å². The summed E-state index contributed by atoms with van der Waals surface area (Å²) in [5.41, 5.74) is 0.921. The summed E-state index contributed by atoms with van der Waals surface area (Å²) in [6.07, 6.45) is 17.7. The summed E-state index contributed by atoms with van der Waals surface area (Å²) in [5.74, 6) is 6.38. The molecule has 24 heavy (non-hydrogen) atoms. The highest BCUT2D eigenvalue weighted by atomic mass is 16.1. The van der Waals surface area contributed by atoms with E-state index >= 15 is 0 Å². The lowest BCUT2D eigenvalue weighted by atomic mass is 9.32. The smallest absolute Gasteiger partial charge is 0.159 e. The number of hydrogen-bond acceptors (Lipinski definition) is 1. The van der Waals surface area contributed by atoms with Crippen molar-refractivity contribution < 1.29 is 4.79 Å². The Labute approximate surface area is 146 Å². The molecule has 0 N–H and O–H groups in total. The Morgan fingerprint density at radius 2 is 1.21 bits per heavy atom. The normalized spacial score (nSPS) is 59.8. The molecule has 8 rings (SSSR count). The van der Waals surface area contributed by atoms with Gasteiger partial charge in [0.05, 0.1) is 0 Å². The zero-order chi connectivity index (χ0) is 16.1. The first-order valence-corrected chi connectivity index (χ1v) is 10.8. The van der Waals surface area contributed by atoms with Crippen molar-refractivity contribution in [2.45, 2.75) is 70.6 Å². The molecule has 8 fully saturated rings. The number of ketones is 1. The number of carbonyl (C=O) groups is 1. The van der Waals surface area contributed by atoms with Gasteiger partial charge in [0.2, 0.25) is 0 Å². The van der Waals surface area contributed by atoms with Crippen molar-refractivity contribution in [2.24, 2.45) is 52.3 Å². The third-order valence-corrected chi connectivity index (χ3v) is 9.91. The summed E-state index contributed by atoms with van der Waals surface area (Å²) in [5, 5.41) is 0. The average Bonchev–Trinajstić information content (AvgIpc) is 2.52. The zero-order valence-electron chi connectivity index (χ0n) is 15.0. The molecular formula is C23H32O. The molecule has 0 aromatic rings. The van der Waals surface area contributed by atoms with Crippen LogP contribution in [0.15, 0.2) is 12.7 Å². The van der Waals surface area contributed by atoms with E-state index in [1.807, 2.05) is 0 Å². The maximum absolute atomic E-state index is 13.1. The molecular weight excluding hydrogens is 292 g/mol. The van der Waals surface area contributed by atoms with E-state index in [4.69, 9.17) is 0 Å². The van der Waals surface area contributed by atoms with Crippen LogP contribution in [0.3, 0.4) is 0 Å². The summed E-state index contributed by atoms with van der Waals surface area (Å²) in [7, 11) is 0. The molecule has 8 aliphatic carbocycles. The van der Waals surface area contributed by atoms with Gasteiger partial charge < -0.3 is 0 Å². The monoisotopic (exact) mass is 324 g/mol. The van der Waals surface area contributed by atoms with Crippen molar-refractivity contribution in [1.29, 1.82) is 0 Å². The number of rotatable bonds is 3. The number of allylic oxidation sites excluding steroid dienone is 1. The third kappa shape index (κ3) is 1.65. The Bertz CT molecular complexity index is 552. The SMILES string of the molecule is C=CC(=O)C1C2CC3CC(C2)CC1(C12CC4CC(CC(C4)C1)C2)C3. The predicted octanol–water partition coefficient (Wildman–Crippen LogP) is 5.40. The lowest BCUT2D eigenvalue weighted by molar-refractivity contribution is -0.226. The molecule has 3 atom stereocenters. The summed E-state index contributed by atoms with van der Waals surface area (Å²) >= 11 is 0. The minimum absolute atomic E-state index is 0.346. The van der Waals surface area contributed by atoms with Crippen LogP contribution in [0.1, 0.15) is 70.6 Å². The highest BCUT2D eigenvalue weighted by molar-refractivity contribution is 5.92. The van der Waals surface area contributed by atoms with E-state index < -0.39 is 0 Å². The molecule has 0 aromatic carbocycles. The molecule has 3 unspecified atom stereocenters. The molecule has 0 amide bonds. The Morgan fingerprint density at radius 3 is 1.67 bits per heavy atom. The van der Waals surface area contributed by atoms with E-state index in [0.717, 1.165) is 29.6 Å². The second-order valence-electron chi connectivity index (χ2n) is 11.0. The molecule has 8 aliphatic rings. The van der Waals surface area contributed by atoms with E-state index in [1.54, 1.807) is 6.08 Å². The number of carbonyl (C=O) groups excluding carboxylic acids is 1. The maximum Gasteiger partial charge on any atom is 0.159 e. The summed E-state index contributed by atoms with van der Waals surface area (Å²) < 4.78 is 0. The topological polar surface area (TPSA) is 17.1 Å². The number of hydrogen-bond donors (Lipinski definition) is 0. The summed E-state index contributed by atoms with van der Waals surface area (Å²) in [6.45, 7) is 3.92. The van der Waals surface area contributed by atoms with Crippen molar-refractivity contribution in [3.63, 3.8) is 0 Å². The van der Waals surface area contributed by atoms with Gasteiger partial charge in [-0.25, -0.2) is 0 Å². The molecule has 0 radical (unpaired) electrons. The van der Waals surface area contributed by atoms with Gasteiger partial charge in [0.15, 0.2) is 5.78 Å². The van der Waals surface area contributed by atoms with Crippen LogP contribution in [0.4, 0.5) is 0 Å². The second kappa shape index (κ2) is 4.57. The Morgan fingerprint density at radius 1 is 0.750 bits per heavy atom. The molecule has 1 nitrogen and oxygen atoms in total. The molecule has 8 saturated carbocycles. The van der Waals surface area contributed by atoms with Gasteiger partial charge in [0.25, 0.3) is 0 Å². The van der Waals surface area contributed by atoms with Crippen molar-refractivity contribution in [1.82, 2.24) is 0 Å². The van der Waals surface area contributed by atoms with Gasteiger partial charge in [0.1, 0.15) is 0 Å². The van der Waals surface area contributed by atoms with Crippen molar-refractivity contribution in [3.8, 4) is 0 Å². The molecule has 8 bridgehead atoms. The highest BCUT2D eigenvalue weighted by Gasteiger charge is 2.69. The van der Waals surface area contributed by atoms with Gasteiger partial charge in [-0.3, -0.25) is 4.79 Å². The van der Waals surface area contributed by atoms with Crippen LogP contribution in [0.5, 0.6) is 0 Å². The van der Waals surface area contributed by atoms with Crippen LogP contribution in [-0.4, -0.2) is 5.78 Å². The average molecular weight is 325 g/mol. The molecule has 0 saturated heterocycles. The van der Waals surface area contributed by atoms with Gasteiger partial charge in [0, 0.05) is 5.92 Å². The fraction of sp³-hybridized carbons (Fsp3) is 0.870. The molecule has 0 heterocycles. The van der Waals surface area contributed by atoms with Gasteiger partial charge in [-0.1, -0.05) is 6.58 Å².